The summed E-state index contributed by atoms with van der Waals surface area (Å²) in [6.45, 7) is 3.26. The van der Waals surface area contributed by atoms with Gasteiger partial charge in [0.1, 0.15) is 5.82 Å². The monoisotopic (exact) mass is 323 g/mol. The summed E-state index contributed by atoms with van der Waals surface area (Å²) in [6.07, 6.45) is 4.26. The Morgan fingerprint density at radius 2 is 1.96 bits per heavy atom. The number of piperazine rings is 1. The Bertz CT molecular complexity index is 584. The molecule has 1 aliphatic heterocycles. The number of nitrogens with one attached hydrogen (secondary N) is 1. The standard InChI is InChI=1S/C16H22FN3O3/c17-12-9-13(16(21)14(10-12)20(22)23)15(11-3-1-2-4-11)19-7-5-18-6-8-19/h9-11,15,18,21H,1-8H2/t15-/m1/s1. The van der Waals surface area contributed by atoms with Crippen LogP contribution in [0.15, 0.2) is 12.1 Å². The summed E-state index contributed by atoms with van der Waals surface area (Å²) in [4.78, 5) is 12.6. The van der Waals surface area contributed by atoms with E-state index in [2.05, 4.69) is 10.2 Å². The van der Waals surface area contributed by atoms with Crippen molar-refractivity contribution in [2.24, 2.45) is 5.92 Å². The minimum absolute atomic E-state index is 0.158. The van der Waals surface area contributed by atoms with E-state index in [1.54, 1.807) is 0 Å². The number of hydrogen-bond donors (Lipinski definition) is 2. The molecule has 6 nitrogen and oxygen atoms in total. The molecule has 0 spiro atoms. The highest BCUT2D eigenvalue weighted by molar-refractivity contribution is 5.52. The predicted molar refractivity (Wildman–Crippen MR) is 83.9 cm³/mol. The van der Waals surface area contributed by atoms with Crippen LogP contribution in [0.2, 0.25) is 0 Å². The predicted octanol–water partition coefficient (Wildman–Crippen LogP) is 2.58. The van der Waals surface area contributed by atoms with Crippen LogP contribution in [0.3, 0.4) is 0 Å². The molecule has 7 heteroatoms. The van der Waals surface area contributed by atoms with E-state index in [4.69, 9.17) is 0 Å². The number of nitro groups is 1. The lowest BCUT2D eigenvalue weighted by Gasteiger charge is -2.38. The van der Waals surface area contributed by atoms with Gasteiger partial charge in [-0.1, -0.05) is 12.8 Å². The molecule has 3 rings (SSSR count). The van der Waals surface area contributed by atoms with Gasteiger partial charge in [0.2, 0.25) is 0 Å². The molecule has 1 saturated carbocycles. The molecule has 2 aliphatic rings. The fourth-order valence-electron chi connectivity index (χ4n) is 3.95. The minimum Gasteiger partial charge on any atom is -0.502 e. The number of phenolic OH excluding ortho intramolecular Hbond substituents is 1. The molecule has 1 saturated heterocycles. The SMILES string of the molecule is O=[N+]([O-])c1cc(F)cc([C@@H](C2CCCC2)N2CCNCC2)c1O. The molecule has 0 aromatic heterocycles. The lowest BCUT2D eigenvalue weighted by Crippen LogP contribution is -2.46. The highest BCUT2D eigenvalue weighted by Gasteiger charge is 2.35. The lowest BCUT2D eigenvalue weighted by atomic mass is 9.88. The molecule has 1 aromatic rings. The normalized spacial score (nSPS) is 21.4. The van der Waals surface area contributed by atoms with Crippen LogP contribution in [0, 0.1) is 21.8 Å². The van der Waals surface area contributed by atoms with Gasteiger partial charge in [0.15, 0.2) is 5.75 Å². The summed E-state index contributed by atoms with van der Waals surface area (Å²) in [5.74, 6) is -0.741. The number of nitro benzene ring substituents is 1. The van der Waals surface area contributed by atoms with Gasteiger partial charge in [-0.15, -0.1) is 0 Å². The molecule has 23 heavy (non-hydrogen) atoms. The summed E-state index contributed by atoms with van der Waals surface area (Å²) in [5.41, 5.74) is -0.177. The van der Waals surface area contributed by atoms with E-state index in [0.29, 0.717) is 11.5 Å². The molecule has 0 unspecified atom stereocenters. The van der Waals surface area contributed by atoms with Gasteiger partial charge >= 0.3 is 5.69 Å². The molecule has 0 amide bonds. The average Bonchev–Trinajstić information content (AvgIpc) is 3.05. The molecular weight excluding hydrogens is 301 g/mol. The quantitative estimate of drug-likeness (QED) is 0.658. The van der Waals surface area contributed by atoms with Crippen molar-refractivity contribution in [1.82, 2.24) is 10.2 Å². The largest absolute Gasteiger partial charge is 0.502 e. The molecule has 0 bridgehead atoms. The Hall–Kier alpha value is -1.73. The zero-order valence-electron chi connectivity index (χ0n) is 13.0. The van der Waals surface area contributed by atoms with Gasteiger partial charge in [-0.25, -0.2) is 4.39 Å². The number of benzene rings is 1. The van der Waals surface area contributed by atoms with Gasteiger partial charge < -0.3 is 10.4 Å². The molecule has 1 atom stereocenters. The first-order valence-corrected chi connectivity index (χ1v) is 8.19. The van der Waals surface area contributed by atoms with E-state index in [1.165, 1.54) is 6.07 Å². The van der Waals surface area contributed by atoms with E-state index in [9.17, 15) is 19.6 Å². The van der Waals surface area contributed by atoms with E-state index in [1.807, 2.05) is 0 Å². The van der Waals surface area contributed by atoms with Crippen LogP contribution in [0.25, 0.3) is 0 Å². The van der Waals surface area contributed by atoms with Crippen molar-refractivity contribution >= 4 is 5.69 Å². The number of nitrogens with zero attached hydrogens (tertiary/aromatic N) is 2. The molecule has 1 aromatic carbocycles. The van der Waals surface area contributed by atoms with Crippen LogP contribution in [0.5, 0.6) is 5.75 Å². The van der Waals surface area contributed by atoms with Gasteiger partial charge in [0.25, 0.3) is 0 Å². The summed E-state index contributed by atoms with van der Waals surface area (Å²) in [6, 6.07) is 1.91. The maximum absolute atomic E-state index is 13.9. The van der Waals surface area contributed by atoms with Crippen LogP contribution >= 0.6 is 0 Å². The van der Waals surface area contributed by atoms with Crippen molar-refractivity contribution < 1.29 is 14.4 Å². The molecule has 2 fully saturated rings. The van der Waals surface area contributed by atoms with Crippen molar-refractivity contribution in [1.29, 1.82) is 0 Å². The third kappa shape index (κ3) is 3.30. The van der Waals surface area contributed by atoms with Gasteiger partial charge in [0, 0.05) is 37.8 Å². The van der Waals surface area contributed by atoms with Crippen LogP contribution in [0.1, 0.15) is 37.3 Å². The van der Waals surface area contributed by atoms with Crippen molar-refractivity contribution in [3.8, 4) is 5.75 Å². The first kappa shape index (κ1) is 16.1. The fraction of sp³-hybridized carbons (Fsp3) is 0.625. The maximum atomic E-state index is 13.9. The topological polar surface area (TPSA) is 78.6 Å². The van der Waals surface area contributed by atoms with Crippen molar-refractivity contribution in [3.05, 3.63) is 33.6 Å². The number of halogens is 1. The van der Waals surface area contributed by atoms with Gasteiger partial charge in [-0.3, -0.25) is 15.0 Å². The third-order valence-electron chi connectivity index (χ3n) is 4.99. The molecule has 0 radical (unpaired) electrons. The Kier molecular flexibility index (Phi) is 4.77. The molecule has 1 aliphatic carbocycles. The third-order valence-corrected chi connectivity index (χ3v) is 4.99. The summed E-state index contributed by atoms with van der Waals surface area (Å²) >= 11 is 0. The first-order chi connectivity index (χ1) is 11.1. The van der Waals surface area contributed by atoms with Crippen molar-refractivity contribution in [2.45, 2.75) is 31.7 Å². The van der Waals surface area contributed by atoms with Crippen molar-refractivity contribution in [2.75, 3.05) is 26.2 Å². The zero-order chi connectivity index (χ0) is 16.4. The fourth-order valence-corrected chi connectivity index (χ4v) is 3.95. The molecule has 126 valence electrons. The van der Waals surface area contributed by atoms with Gasteiger partial charge in [0.05, 0.1) is 11.0 Å². The van der Waals surface area contributed by atoms with E-state index in [0.717, 1.165) is 57.9 Å². The second kappa shape index (κ2) is 6.80. The summed E-state index contributed by atoms with van der Waals surface area (Å²) < 4.78 is 13.9. The number of phenols is 1. The Labute approximate surface area is 134 Å². The van der Waals surface area contributed by atoms with E-state index in [-0.39, 0.29) is 11.8 Å². The van der Waals surface area contributed by atoms with Crippen LogP contribution in [0.4, 0.5) is 10.1 Å². The van der Waals surface area contributed by atoms with Gasteiger partial charge in [-0.05, 0) is 24.8 Å². The lowest BCUT2D eigenvalue weighted by molar-refractivity contribution is -0.386. The smallest absolute Gasteiger partial charge is 0.313 e. The molecule has 2 N–H and O–H groups in total. The first-order valence-electron chi connectivity index (χ1n) is 8.19. The number of hydrogen-bond acceptors (Lipinski definition) is 5. The maximum Gasteiger partial charge on any atom is 0.313 e. The van der Waals surface area contributed by atoms with Crippen LogP contribution in [-0.4, -0.2) is 41.1 Å². The highest BCUT2D eigenvalue weighted by Crippen LogP contribution is 2.45. The summed E-state index contributed by atoms with van der Waals surface area (Å²) in [7, 11) is 0. The highest BCUT2D eigenvalue weighted by atomic mass is 19.1. The minimum atomic E-state index is -0.717. The van der Waals surface area contributed by atoms with E-state index < -0.39 is 16.4 Å². The number of rotatable bonds is 4. The zero-order valence-corrected chi connectivity index (χ0v) is 13.0. The second-order valence-corrected chi connectivity index (χ2v) is 6.40. The molecular formula is C16H22FN3O3. The van der Waals surface area contributed by atoms with Crippen molar-refractivity contribution in [3.63, 3.8) is 0 Å². The van der Waals surface area contributed by atoms with E-state index >= 15 is 0 Å². The van der Waals surface area contributed by atoms with Crippen LogP contribution < -0.4 is 5.32 Å². The Morgan fingerprint density at radius 3 is 2.57 bits per heavy atom. The second-order valence-electron chi connectivity index (χ2n) is 6.40. The Morgan fingerprint density at radius 1 is 1.30 bits per heavy atom. The van der Waals surface area contributed by atoms with Crippen LogP contribution in [-0.2, 0) is 0 Å². The Balaban J connectivity index is 2.03. The van der Waals surface area contributed by atoms with Gasteiger partial charge in [-0.2, -0.15) is 0 Å². The summed E-state index contributed by atoms with van der Waals surface area (Å²) in [5, 5.41) is 24.8. The average molecular weight is 323 g/mol. The number of aromatic hydroxyl groups is 1. The molecule has 1 heterocycles.